The van der Waals surface area contributed by atoms with Gasteiger partial charge < -0.3 is 0 Å². The molecule has 0 aromatic carbocycles. The van der Waals surface area contributed by atoms with E-state index in [4.69, 9.17) is 5.26 Å². The predicted molar refractivity (Wildman–Crippen MR) is 56.1 cm³/mol. The maximum Gasteiger partial charge on any atom is 0.215 e. The zero-order valence-corrected chi connectivity index (χ0v) is 9.98. The summed E-state index contributed by atoms with van der Waals surface area (Å²) < 4.78 is 25.6. The molecule has 0 saturated heterocycles. The summed E-state index contributed by atoms with van der Waals surface area (Å²) in [6.07, 6.45) is 0.956. The summed E-state index contributed by atoms with van der Waals surface area (Å²) >= 11 is 0. The minimum Gasteiger partial charge on any atom is -0.212 e. The van der Waals surface area contributed by atoms with Gasteiger partial charge in [0, 0.05) is 0 Å². The van der Waals surface area contributed by atoms with E-state index in [9.17, 15) is 8.42 Å². The van der Waals surface area contributed by atoms with Gasteiger partial charge in [-0.25, -0.2) is 8.42 Å². The average Bonchev–Trinajstić information content (AvgIpc) is 2.14. The number of sulfonamides is 1. The molecular weight excluding hydrogens is 200 g/mol. The zero-order chi connectivity index (χ0) is 11.4. The van der Waals surface area contributed by atoms with Crippen molar-refractivity contribution < 1.29 is 8.42 Å². The number of nitrogens with zero attached hydrogens (tertiary/aromatic N) is 1. The van der Waals surface area contributed by atoms with Crippen molar-refractivity contribution in [2.45, 2.75) is 51.3 Å². The van der Waals surface area contributed by atoms with Crippen molar-refractivity contribution >= 4 is 10.0 Å². The summed E-state index contributed by atoms with van der Waals surface area (Å²) in [5, 5.41) is 8.44. The van der Waals surface area contributed by atoms with Gasteiger partial charge in [0.2, 0.25) is 10.0 Å². The molecule has 14 heavy (non-hydrogen) atoms. The van der Waals surface area contributed by atoms with Crippen molar-refractivity contribution in [2.24, 2.45) is 0 Å². The molecule has 0 aromatic rings. The van der Waals surface area contributed by atoms with Crippen LogP contribution in [0.2, 0.25) is 0 Å². The first-order chi connectivity index (χ1) is 6.33. The molecule has 4 nitrogen and oxygen atoms in total. The van der Waals surface area contributed by atoms with Crippen molar-refractivity contribution in [3.05, 3.63) is 0 Å². The molecule has 0 fully saturated rings. The second-order valence-electron chi connectivity index (χ2n) is 3.60. The monoisotopic (exact) mass is 218 g/mol. The molecule has 0 aliphatic carbocycles. The molecule has 0 heterocycles. The topological polar surface area (TPSA) is 70.0 Å². The first kappa shape index (κ1) is 13.4. The molecule has 82 valence electrons. The Balaban J connectivity index is 4.90. The Labute approximate surface area is 86.4 Å². The first-order valence-corrected chi connectivity index (χ1v) is 6.32. The minimum atomic E-state index is -3.36. The van der Waals surface area contributed by atoms with Crippen molar-refractivity contribution in [3.8, 4) is 6.07 Å². The largest absolute Gasteiger partial charge is 0.215 e. The van der Waals surface area contributed by atoms with Gasteiger partial charge in [-0.05, 0) is 26.7 Å². The predicted octanol–water partition coefficient (Wildman–Crippen LogP) is 1.40. The van der Waals surface area contributed by atoms with Crippen LogP contribution < -0.4 is 4.72 Å². The highest BCUT2D eigenvalue weighted by Gasteiger charge is 2.32. The summed E-state index contributed by atoms with van der Waals surface area (Å²) in [5.41, 5.74) is -0.941. The molecule has 0 unspecified atom stereocenters. The fourth-order valence-electron chi connectivity index (χ4n) is 0.965. The quantitative estimate of drug-likeness (QED) is 0.758. The van der Waals surface area contributed by atoms with Gasteiger partial charge in [0.15, 0.2) is 0 Å². The first-order valence-electron chi connectivity index (χ1n) is 4.77. The van der Waals surface area contributed by atoms with Gasteiger partial charge >= 0.3 is 0 Å². The Morgan fingerprint density at radius 3 is 2.00 bits per heavy atom. The highest BCUT2D eigenvalue weighted by atomic mass is 32.2. The lowest BCUT2D eigenvalue weighted by Crippen LogP contribution is -2.48. The van der Waals surface area contributed by atoms with E-state index in [0.717, 1.165) is 0 Å². The molecule has 1 N–H and O–H groups in total. The molecule has 0 atom stereocenters. The normalized spacial score (nSPS) is 12.9. The van der Waals surface area contributed by atoms with Gasteiger partial charge in [0.05, 0.1) is 11.3 Å². The van der Waals surface area contributed by atoms with Crippen LogP contribution in [0.3, 0.4) is 0 Å². The van der Waals surface area contributed by atoms with Crippen molar-refractivity contribution in [2.75, 3.05) is 0 Å². The van der Waals surface area contributed by atoms with Crippen LogP contribution in [0.4, 0.5) is 0 Å². The van der Waals surface area contributed by atoms with Crippen LogP contribution in [-0.4, -0.2) is 19.2 Å². The smallest absolute Gasteiger partial charge is 0.212 e. The zero-order valence-electron chi connectivity index (χ0n) is 9.16. The molecule has 0 aliphatic heterocycles. The number of hydrogen-bond donors (Lipinski definition) is 1. The lowest BCUT2D eigenvalue weighted by atomic mass is 9.97. The molecule has 0 spiro atoms. The van der Waals surface area contributed by atoms with Crippen LogP contribution in [0.1, 0.15) is 40.5 Å². The summed E-state index contributed by atoms with van der Waals surface area (Å²) in [6, 6.07) is 2.04. The van der Waals surface area contributed by atoms with Crippen LogP contribution in [0.25, 0.3) is 0 Å². The van der Waals surface area contributed by atoms with Gasteiger partial charge in [0.25, 0.3) is 0 Å². The van der Waals surface area contributed by atoms with Crippen molar-refractivity contribution in [1.29, 1.82) is 5.26 Å². The van der Waals surface area contributed by atoms with E-state index in [-0.39, 0.29) is 0 Å². The number of nitriles is 1. The Bertz CT molecular complexity index is 310. The maximum atomic E-state index is 11.6. The second kappa shape index (κ2) is 4.76. The summed E-state index contributed by atoms with van der Waals surface area (Å²) in [4.78, 5) is 0. The molecule has 0 bridgehead atoms. The van der Waals surface area contributed by atoms with Gasteiger partial charge in [-0.15, -0.1) is 0 Å². The second-order valence-corrected chi connectivity index (χ2v) is 5.83. The Morgan fingerprint density at radius 2 is 1.79 bits per heavy atom. The third-order valence-corrected chi connectivity index (χ3v) is 4.30. The third kappa shape index (κ3) is 2.96. The Kier molecular flexibility index (Phi) is 4.56. The molecule has 0 aliphatic rings. The molecule has 0 radical (unpaired) electrons. The molecule has 5 heteroatoms. The average molecular weight is 218 g/mol. The van der Waals surface area contributed by atoms with Crippen LogP contribution in [-0.2, 0) is 10.0 Å². The summed E-state index contributed by atoms with van der Waals surface area (Å²) in [5.74, 6) is 0. The van der Waals surface area contributed by atoms with E-state index < -0.39 is 20.8 Å². The molecular formula is C9H18N2O2S. The lowest BCUT2D eigenvalue weighted by Gasteiger charge is -2.25. The number of nitrogens with one attached hydrogen (secondary N) is 1. The van der Waals surface area contributed by atoms with E-state index in [1.807, 2.05) is 6.07 Å². The standard InChI is InChI=1S/C9H18N2O2S/c1-5-9(6-2,7-10)11-14(12,13)8(3)4/h8,11H,5-6H2,1-4H3. The van der Waals surface area contributed by atoms with E-state index in [0.29, 0.717) is 12.8 Å². The van der Waals surface area contributed by atoms with E-state index in [1.165, 1.54) is 0 Å². The van der Waals surface area contributed by atoms with Crippen LogP contribution in [0.15, 0.2) is 0 Å². The van der Waals surface area contributed by atoms with Gasteiger partial charge in [-0.3, -0.25) is 0 Å². The fraction of sp³-hybridized carbons (Fsp3) is 0.889. The summed E-state index contributed by atoms with van der Waals surface area (Å²) in [6.45, 7) is 6.79. The SMILES string of the molecule is CCC(C#N)(CC)NS(=O)(=O)C(C)C. The van der Waals surface area contributed by atoms with Crippen LogP contribution in [0.5, 0.6) is 0 Å². The molecule has 0 aromatic heterocycles. The minimum absolute atomic E-state index is 0.478. The van der Waals surface area contributed by atoms with Gasteiger partial charge in [-0.1, -0.05) is 13.8 Å². The van der Waals surface area contributed by atoms with E-state index >= 15 is 0 Å². The van der Waals surface area contributed by atoms with Gasteiger partial charge in [-0.2, -0.15) is 9.98 Å². The van der Waals surface area contributed by atoms with E-state index in [2.05, 4.69) is 4.72 Å². The number of hydrogen-bond acceptors (Lipinski definition) is 3. The highest BCUT2D eigenvalue weighted by molar-refractivity contribution is 7.90. The maximum absolute atomic E-state index is 11.6. The third-order valence-electron chi connectivity index (χ3n) is 2.38. The summed E-state index contributed by atoms with van der Waals surface area (Å²) in [7, 11) is -3.36. The molecule has 0 rings (SSSR count). The Hall–Kier alpha value is -0.600. The molecule has 0 saturated carbocycles. The van der Waals surface area contributed by atoms with Crippen LogP contribution >= 0.6 is 0 Å². The highest BCUT2D eigenvalue weighted by Crippen LogP contribution is 2.16. The Morgan fingerprint density at radius 1 is 1.36 bits per heavy atom. The lowest BCUT2D eigenvalue weighted by molar-refractivity contribution is 0.444. The van der Waals surface area contributed by atoms with Gasteiger partial charge in [0.1, 0.15) is 5.54 Å². The number of rotatable bonds is 5. The van der Waals surface area contributed by atoms with Crippen LogP contribution in [0, 0.1) is 11.3 Å². The van der Waals surface area contributed by atoms with Crippen molar-refractivity contribution in [1.82, 2.24) is 4.72 Å². The fourth-order valence-corrected chi connectivity index (χ4v) is 2.08. The van der Waals surface area contributed by atoms with Crippen molar-refractivity contribution in [3.63, 3.8) is 0 Å². The van der Waals surface area contributed by atoms with E-state index in [1.54, 1.807) is 27.7 Å². The molecule has 0 amide bonds.